The number of nitrogens with one attached hydrogen (secondary N) is 1. The van der Waals surface area contributed by atoms with Crippen molar-refractivity contribution in [1.29, 1.82) is 0 Å². The van der Waals surface area contributed by atoms with Gasteiger partial charge in [0.15, 0.2) is 0 Å². The van der Waals surface area contributed by atoms with Crippen molar-refractivity contribution in [3.8, 4) is 5.69 Å². The van der Waals surface area contributed by atoms with E-state index in [9.17, 15) is 5.11 Å². The van der Waals surface area contributed by atoms with E-state index >= 15 is 0 Å². The number of benzene rings is 2. The average molecular weight is 417 g/mol. The van der Waals surface area contributed by atoms with Gasteiger partial charge in [-0.1, -0.05) is 30.3 Å². The molecule has 160 valence electrons. The maximum Gasteiger partial charge on any atom is 0.123 e. The van der Waals surface area contributed by atoms with Crippen LogP contribution in [0.15, 0.2) is 67.4 Å². The molecule has 0 bridgehead atoms. The molecule has 1 fully saturated rings. The number of β-amino-alcohol motifs (C(OH)–C–C–N with tert-alkyl or cyclic N) is 1. The largest absolute Gasteiger partial charge is 0.391 e. The fourth-order valence-electron chi connectivity index (χ4n) is 4.42. The van der Waals surface area contributed by atoms with E-state index in [4.69, 9.17) is 0 Å². The Bertz CT molecular complexity index is 1100. The summed E-state index contributed by atoms with van der Waals surface area (Å²) in [5, 5.41) is 19.7. The van der Waals surface area contributed by atoms with Gasteiger partial charge in [0.2, 0.25) is 0 Å². The molecule has 2 N–H and O–H groups in total. The topological polar surface area (TPSA) is 73.2 Å². The molecule has 0 unspecified atom stereocenters. The minimum Gasteiger partial charge on any atom is -0.391 e. The van der Waals surface area contributed by atoms with Crippen LogP contribution in [0.1, 0.15) is 11.1 Å². The number of aromatic nitrogens is 4. The van der Waals surface area contributed by atoms with E-state index in [2.05, 4.69) is 67.4 Å². The van der Waals surface area contributed by atoms with Crippen LogP contribution in [0.5, 0.6) is 0 Å². The van der Waals surface area contributed by atoms with E-state index in [1.54, 1.807) is 12.7 Å². The second-order valence-electron chi connectivity index (χ2n) is 8.33. The fraction of sp³-hybridized carbons (Fsp3) is 0.333. The van der Waals surface area contributed by atoms with Crippen molar-refractivity contribution in [3.05, 3.63) is 78.5 Å². The van der Waals surface area contributed by atoms with Crippen molar-refractivity contribution in [2.45, 2.75) is 19.1 Å². The van der Waals surface area contributed by atoms with Crippen LogP contribution >= 0.6 is 0 Å². The highest BCUT2D eigenvalue weighted by atomic mass is 16.3. The molecule has 7 nitrogen and oxygen atoms in total. The number of hydrogen-bond donors (Lipinski definition) is 2. The first-order valence-corrected chi connectivity index (χ1v) is 10.9. The summed E-state index contributed by atoms with van der Waals surface area (Å²) >= 11 is 0. The number of aliphatic hydroxyl groups excluding tert-OH is 1. The standard InChI is InChI=1S/C24H28N6O/c31-22(16-29-10-8-28(9-11-29)15-19-4-2-1-3-5-19)12-20-14-25-24-7-6-21(13-23(20)24)30-17-26-27-18-30/h1-7,13-14,17-18,22,25,31H,8-12,15-16H2/t22-/m1/s1. The minimum atomic E-state index is -0.391. The monoisotopic (exact) mass is 416 g/mol. The Labute approximate surface area is 181 Å². The first kappa shape index (κ1) is 19.9. The maximum atomic E-state index is 10.8. The van der Waals surface area contributed by atoms with E-state index in [0.717, 1.165) is 54.9 Å². The average Bonchev–Trinajstić information content (AvgIpc) is 3.46. The molecule has 1 saturated heterocycles. The molecule has 0 amide bonds. The van der Waals surface area contributed by atoms with Gasteiger partial charge in [-0.05, 0) is 29.3 Å². The zero-order valence-electron chi connectivity index (χ0n) is 17.6. The summed E-state index contributed by atoms with van der Waals surface area (Å²) in [6.07, 6.45) is 5.65. The van der Waals surface area contributed by atoms with Crippen molar-refractivity contribution < 1.29 is 5.11 Å². The molecule has 0 radical (unpaired) electrons. The maximum absolute atomic E-state index is 10.8. The van der Waals surface area contributed by atoms with Crippen molar-refractivity contribution in [3.63, 3.8) is 0 Å². The van der Waals surface area contributed by atoms with E-state index in [1.165, 1.54) is 5.56 Å². The molecule has 5 rings (SSSR count). The molecular weight excluding hydrogens is 388 g/mol. The van der Waals surface area contributed by atoms with Crippen LogP contribution in [0.4, 0.5) is 0 Å². The van der Waals surface area contributed by atoms with Gasteiger partial charge < -0.3 is 10.1 Å². The van der Waals surface area contributed by atoms with E-state index in [0.29, 0.717) is 13.0 Å². The lowest BCUT2D eigenvalue weighted by Crippen LogP contribution is -2.48. The van der Waals surface area contributed by atoms with Gasteiger partial charge in [0.05, 0.1) is 6.10 Å². The van der Waals surface area contributed by atoms with Gasteiger partial charge >= 0.3 is 0 Å². The van der Waals surface area contributed by atoms with Gasteiger partial charge in [-0.15, -0.1) is 10.2 Å². The summed E-state index contributed by atoms with van der Waals surface area (Å²) in [4.78, 5) is 8.20. The number of H-pyrrole nitrogens is 1. The first-order valence-electron chi connectivity index (χ1n) is 10.9. The third-order valence-electron chi connectivity index (χ3n) is 6.11. The molecule has 1 atom stereocenters. The summed E-state index contributed by atoms with van der Waals surface area (Å²) in [6, 6.07) is 16.9. The second kappa shape index (κ2) is 9.01. The second-order valence-corrected chi connectivity index (χ2v) is 8.33. The predicted molar refractivity (Wildman–Crippen MR) is 121 cm³/mol. The van der Waals surface area contributed by atoms with Crippen LogP contribution < -0.4 is 0 Å². The van der Waals surface area contributed by atoms with Crippen LogP contribution in [0.3, 0.4) is 0 Å². The lowest BCUT2D eigenvalue weighted by Gasteiger charge is -2.35. The highest BCUT2D eigenvalue weighted by Gasteiger charge is 2.20. The molecule has 4 aromatic rings. The van der Waals surface area contributed by atoms with Crippen LogP contribution in [0, 0.1) is 0 Å². The highest BCUT2D eigenvalue weighted by molar-refractivity contribution is 5.85. The SMILES string of the molecule is O[C@H](Cc1c[nH]c2ccc(-n3cnnc3)cc12)CN1CCN(Cc2ccccc2)CC1. The Balaban J connectivity index is 1.17. The van der Waals surface area contributed by atoms with Crippen molar-refractivity contribution in [2.24, 2.45) is 0 Å². The lowest BCUT2D eigenvalue weighted by atomic mass is 10.1. The number of nitrogens with zero attached hydrogens (tertiary/aromatic N) is 5. The van der Waals surface area contributed by atoms with Gasteiger partial charge in [-0.25, -0.2) is 0 Å². The molecule has 7 heteroatoms. The summed E-state index contributed by atoms with van der Waals surface area (Å²) < 4.78 is 1.89. The number of fused-ring (bicyclic) bond motifs is 1. The lowest BCUT2D eigenvalue weighted by molar-refractivity contribution is 0.0706. The molecule has 1 aliphatic heterocycles. The molecule has 1 aliphatic rings. The zero-order chi connectivity index (χ0) is 21.0. The van der Waals surface area contributed by atoms with Gasteiger partial charge in [0.25, 0.3) is 0 Å². The highest BCUT2D eigenvalue weighted by Crippen LogP contribution is 2.23. The number of rotatable bonds is 7. The Morgan fingerprint density at radius 3 is 2.45 bits per heavy atom. The quantitative estimate of drug-likeness (QED) is 0.484. The fourth-order valence-corrected chi connectivity index (χ4v) is 4.42. The zero-order valence-corrected chi connectivity index (χ0v) is 17.6. The molecule has 0 saturated carbocycles. The van der Waals surface area contributed by atoms with E-state index in [1.807, 2.05) is 16.8 Å². The number of aromatic amines is 1. The Morgan fingerprint density at radius 2 is 1.68 bits per heavy atom. The number of aliphatic hydroxyl groups is 1. The first-order chi connectivity index (χ1) is 15.2. The van der Waals surface area contributed by atoms with Crippen molar-refractivity contribution >= 4 is 10.9 Å². The molecule has 2 aromatic heterocycles. The summed E-state index contributed by atoms with van der Waals surface area (Å²) in [5.74, 6) is 0. The number of hydrogen-bond acceptors (Lipinski definition) is 5. The minimum absolute atomic E-state index is 0.391. The molecule has 2 aromatic carbocycles. The normalized spacial score (nSPS) is 16.7. The molecule has 3 heterocycles. The smallest absolute Gasteiger partial charge is 0.123 e. The Morgan fingerprint density at radius 1 is 0.935 bits per heavy atom. The van der Waals surface area contributed by atoms with Crippen molar-refractivity contribution in [2.75, 3.05) is 32.7 Å². The Hall–Kier alpha value is -3.00. The third-order valence-corrected chi connectivity index (χ3v) is 6.11. The van der Waals surface area contributed by atoms with Crippen molar-refractivity contribution in [1.82, 2.24) is 29.5 Å². The summed E-state index contributed by atoms with van der Waals surface area (Å²) in [5.41, 5.74) is 4.59. The van der Waals surface area contributed by atoms with Gasteiger partial charge in [-0.3, -0.25) is 14.4 Å². The van der Waals surface area contributed by atoms with E-state index in [-0.39, 0.29) is 0 Å². The van der Waals surface area contributed by atoms with Gasteiger partial charge in [0.1, 0.15) is 12.7 Å². The molecule has 31 heavy (non-hydrogen) atoms. The third kappa shape index (κ3) is 4.69. The van der Waals surface area contributed by atoms with Crippen LogP contribution in [-0.4, -0.2) is 73.5 Å². The predicted octanol–water partition coefficient (Wildman–Crippen LogP) is 2.47. The van der Waals surface area contributed by atoms with Crippen LogP contribution in [0.2, 0.25) is 0 Å². The van der Waals surface area contributed by atoms with E-state index < -0.39 is 6.10 Å². The Kier molecular flexibility index (Phi) is 5.80. The number of piperazine rings is 1. The van der Waals surface area contributed by atoms with Gasteiger partial charge in [0, 0.05) is 68.5 Å². The molecular formula is C24H28N6O. The van der Waals surface area contributed by atoms with Gasteiger partial charge in [-0.2, -0.15) is 0 Å². The van der Waals surface area contributed by atoms with Crippen LogP contribution in [0.25, 0.3) is 16.6 Å². The summed E-state index contributed by atoms with van der Waals surface area (Å²) in [6.45, 7) is 5.78. The summed E-state index contributed by atoms with van der Waals surface area (Å²) in [7, 11) is 0. The molecule has 0 aliphatic carbocycles. The molecule has 0 spiro atoms. The van der Waals surface area contributed by atoms with Crippen LogP contribution in [-0.2, 0) is 13.0 Å².